The van der Waals surface area contributed by atoms with E-state index in [-0.39, 0.29) is 11.4 Å². The first kappa shape index (κ1) is 17.7. The van der Waals surface area contributed by atoms with Crippen LogP contribution in [0, 0.1) is 13.8 Å². The molecule has 1 saturated carbocycles. The SMILES string of the molecule is Cc1nc(C(N)=O)nc(N2CC[C@@H](NC3CCOC34CCCC4)C2)c1C. The molecule has 1 unspecified atom stereocenters. The maximum absolute atomic E-state index is 11.5. The van der Waals surface area contributed by atoms with Crippen molar-refractivity contribution < 1.29 is 9.53 Å². The molecular formula is C19H29N5O2. The van der Waals surface area contributed by atoms with Gasteiger partial charge in [-0.1, -0.05) is 12.8 Å². The van der Waals surface area contributed by atoms with E-state index in [1.165, 1.54) is 25.7 Å². The first-order valence-electron chi connectivity index (χ1n) is 9.78. The van der Waals surface area contributed by atoms with Gasteiger partial charge in [0.15, 0.2) is 0 Å². The normalized spacial score (nSPS) is 27.5. The van der Waals surface area contributed by atoms with E-state index in [1.54, 1.807) is 0 Å². The molecule has 7 heteroatoms. The maximum atomic E-state index is 11.5. The van der Waals surface area contributed by atoms with Crippen LogP contribution in [0.25, 0.3) is 0 Å². The van der Waals surface area contributed by atoms with Gasteiger partial charge in [0.1, 0.15) is 5.82 Å². The van der Waals surface area contributed by atoms with E-state index in [0.717, 1.165) is 49.6 Å². The Morgan fingerprint density at radius 2 is 2.04 bits per heavy atom. The summed E-state index contributed by atoms with van der Waals surface area (Å²) in [4.78, 5) is 22.4. The maximum Gasteiger partial charge on any atom is 0.286 e. The monoisotopic (exact) mass is 359 g/mol. The highest BCUT2D eigenvalue weighted by Gasteiger charge is 2.47. The van der Waals surface area contributed by atoms with Crippen molar-refractivity contribution in [3.8, 4) is 0 Å². The van der Waals surface area contributed by atoms with Crippen LogP contribution in [0.5, 0.6) is 0 Å². The Hall–Kier alpha value is -1.73. The summed E-state index contributed by atoms with van der Waals surface area (Å²) in [5, 5.41) is 3.88. The van der Waals surface area contributed by atoms with Gasteiger partial charge in [-0.3, -0.25) is 4.79 Å². The Kier molecular flexibility index (Phi) is 4.61. The van der Waals surface area contributed by atoms with Crippen molar-refractivity contribution in [3.05, 3.63) is 17.1 Å². The van der Waals surface area contributed by atoms with Gasteiger partial charge in [-0.25, -0.2) is 9.97 Å². The van der Waals surface area contributed by atoms with E-state index < -0.39 is 5.91 Å². The second kappa shape index (κ2) is 6.78. The lowest BCUT2D eigenvalue weighted by Crippen LogP contribution is -2.50. The van der Waals surface area contributed by atoms with Crippen LogP contribution < -0.4 is 16.0 Å². The molecule has 3 aliphatic rings. The Morgan fingerprint density at radius 3 is 2.77 bits per heavy atom. The highest BCUT2D eigenvalue weighted by atomic mass is 16.5. The third-order valence-corrected chi connectivity index (χ3v) is 6.39. The number of amides is 1. The van der Waals surface area contributed by atoms with Crippen LogP contribution in [0.2, 0.25) is 0 Å². The Labute approximate surface area is 154 Å². The number of nitrogens with zero attached hydrogens (tertiary/aromatic N) is 3. The fourth-order valence-corrected chi connectivity index (χ4v) is 4.85. The van der Waals surface area contributed by atoms with E-state index in [2.05, 4.69) is 20.2 Å². The molecule has 7 nitrogen and oxygen atoms in total. The van der Waals surface area contributed by atoms with Gasteiger partial charge < -0.3 is 20.7 Å². The third-order valence-electron chi connectivity index (χ3n) is 6.39. The molecule has 1 aliphatic carbocycles. The van der Waals surface area contributed by atoms with Crippen LogP contribution in [-0.2, 0) is 4.74 Å². The van der Waals surface area contributed by atoms with Gasteiger partial charge in [-0.05, 0) is 39.5 Å². The van der Waals surface area contributed by atoms with Crippen molar-refractivity contribution >= 4 is 11.7 Å². The zero-order valence-corrected chi connectivity index (χ0v) is 15.8. The number of nitrogens with two attached hydrogens (primary N) is 1. The molecule has 1 spiro atoms. The zero-order valence-electron chi connectivity index (χ0n) is 15.8. The smallest absolute Gasteiger partial charge is 0.286 e. The average Bonchev–Trinajstić information content (AvgIpc) is 3.34. The molecule has 1 aromatic heterocycles. The number of rotatable bonds is 4. The van der Waals surface area contributed by atoms with E-state index in [0.29, 0.717) is 12.1 Å². The molecule has 1 amide bonds. The highest BCUT2D eigenvalue weighted by molar-refractivity contribution is 5.89. The number of primary amides is 1. The van der Waals surface area contributed by atoms with E-state index in [1.807, 2.05) is 13.8 Å². The van der Waals surface area contributed by atoms with Crippen molar-refractivity contribution in [3.63, 3.8) is 0 Å². The number of aryl methyl sites for hydroxylation is 1. The molecule has 26 heavy (non-hydrogen) atoms. The standard InChI is InChI=1S/C19H29N5O2/c1-12-13(2)21-17(16(20)25)23-18(12)24-9-5-14(11-24)22-15-6-10-26-19(15)7-3-4-8-19/h14-15,22H,3-11H2,1-2H3,(H2,20,25)/t14-,15?/m1/s1. The van der Waals surface area contributed by atoms with Crippen molar-refractivity contribution in [1.82, 2.24) is 15.3 Å². The summed E-state index contributed by atoms with van der Waals surface area (Å²) >= 11 is 0. The molecule has 3 heterocycles. The van der Waals surface area contributed by atoms with Crippen LogP contribution in [0.15, 0.2) is 0 Å². The lowest BCUT2D eigenvalue weighted by molar-refractivity contribution is -0.00616. The number of nitrogens with one attached hydrogen (secondary N) is 1. The summed E-state index contributed by atoms with van der Waals surface area (Å²) in [7, 11) is 0. The van der Waals surface area contributed by atoms with Gasteiger partial charge >= 0.3 is 0 Å². The lowest BCUT2D eigenvalue weighted by Gasteiger charge is -2.32. The van der Waals surface area contributed by atoms with Crippen LogP contribution in [0.4, 0.5) is 5.82 Å². The lowest BCUT2D eigenvalue weighted by atomic mass is 9.92. The van der Waals surface area contributed by atoms with Crippen LogP contribution in [-0.4, -0.2) is 53.3 Å². The molecule has 142 valence electrons. The van der Waals surface area contributed by atoms with Crippen molar-refractivity contribution in [2.75, 3.05) is 24.6 Å². The largest absolute Gasteiger partial charge is 0.373 e. The third kappa shape index (κ3) is 3.07. The number of carbonyl (C=O) groups is 1. The Balaban J connectivity index is 1.46. The van der Waals surface area contributed by atoms with Gasteiger partial charge in [0, 0.05) is 43.0 Å². The predicted molar refractivity (Wildman–Crippen MR) is 99.3 cm³/mol. The number of hydrogen-bond donors (Lipinski definition) is 2. The van der Waals surface area contributed by atoms with Gasteiger partial charge in [0.25, 0.3) is 5.91 Å². The van der Waals surface area contributed by atoms with Gasteiger partial charge in [0.05, 0.1) is 5.60 Å². The van der Waals surface area contributed by atoms with E-state index >= 15 is 0 Å². The van der Waals surface area contributed by atoms with E-state index in [9.17, 15) is 4.79 Å². The first-order chi connectivity index (χ1) is 12.5. The number of hydrogen-bond acceptors (Lipinski definition) is 6. The van der Waals surface area contributed by atoms with Gasteiger partial charge in [-0.15, -0.1) is 0 Å². The predicted octanol–water partition coefficient (Wildman–Crippen LogP) is 1.46. The number of anilines is 1. The van der Waals surface area contributed by atoms with Crippen molar-refractivity contribution in [1.29, 1.82) is 0 Å². The quantitative estimate of drug-likeness (QED) is 0.845. The summed E-state index contributed by atoms with van der Waals surface area (Å²) in [5.41, 5.74) is 7.31. The summed E-state index contributed by atoms with van der Waals surface area (Å²) in [6.45, 7) is 6.60. The average molecular weight is 359 g/mol. The van der Waals surface area contributed by atoms with Crippen molar-refractivity contribution in [2.24, 2.45) is 5.73 Å². The Morgan fingerprint density at radius 1 is 1.27 bits per heavy atom. The number of ether oxygens (including phenoxy) is 1. The fraction of sp³-hybridized carbons (Fsp3) is 0.737. The summed E-state index contributed by atoms with van der Waals surface area (Å²) in [6.07, 6.45) is 7.12. The van der Waals surface area contributed by atoms with Crippen LogP contribution in [0.1, 0.15) is 60.4 Å². The molecule has 0 aromatic carbocycles. The van der Waals surface area contributed by atoms with Gasteiger partial charge in [-0.2, -0.15) is 0 Å². The van der Waals surface area contributed by atoms with Gasteiger partial charge in [0.2, 0.25) is 5.82 Å². The Bertz CT molecular complexity index is 696. The summed E-state index contributed by atoms with van der Waals surface area (Å²) < 4.78 is 6.16. The minimum atomic E-state index is -0.575. The molecular weight excluding hydrogens is 330 g/mol. The minimum Gasteiger partial charge on any atom is -0.373 e. The van der Waals surface area contributed by atoms with Crippen molar-refractivity contribution in [2.45, 2.75) is 70.1 Å². The molecule has 1 aromatic rings. The second-order valence-electron chi connectivity index (χ2n) is 8.01. The fourth-order valence-electron chi connectivity index (χ4n) is 4.85. The summed E-state index contributed by atoms with van der Waals surface area (Å²) in [5.74, 6) is 0.372. The minimum absolute atomic E-state index is 0.0774. The molecule has 3 N–H and O–H groups in total. The molecule has 0 bridgehead atoms. The van der Waals surface area contributed by atoms with Crippen LogP contribution in [0.3, 0.4) is 0 Å². The highest BCUT2D eigenvalue weighted by Crippen LogP contribution is 2.41. The van der Waals surface area contributed by atoms with Crippen LogP contribution >= 0.6 is 0 Å². The molecule has 3 fully saturated rings. The molecule has 0 radical (unpaired) electrons. The number of carbonyl (C=O) groups excluding carboxylic acids is 1. The zero-order chi connectivity index (χ0) is 18.3. The topological polar surface area (TPSA) is 93.4 Å². The van der Waals surface area contributed by atoms with E-state index in [4.69, 9.17) is 10.5 Å². The molecule has 4 rings (SSSR count). The number of aromatic nitrogens is 2. The molecule has 2 atom stereocenters. The molecule has 2 aliphatic heterocycles. The molecule has 2 saturated heterocycles. The first-order valence-corrected chi connectivity index (χ1v) is 9.78. The second-order valence-corrected chi connectivity index (χ2v) is 8.01. The summed E-state index contributed by atoms with van der Waals surface area (Å²) in [6, 6.07) is 0.884.